The zero-order valence-electron chi connectivity index (χ0n) is 9.82. The third-order valence-electron chi connectivity index (χ3n) is 3.83. The molecule has 3 nitrogen and oxygen atoms in total. The Kier molecular flexibility index (Phi) is 4.00. The van der Waals surface area contributed by atoms with Crippen LogP contribution in [0.4, 0.5) is 0 Å². The third kappa shape index (κ3) is 3.16. The van der Waals surface area contributed by atoms with E-state index in [1.54, 1.807) is 0 Å². The minimum Gasteiger partial charge on any atom is -0.381 e. The summed E-state index contributed by atoms with van der Waals surface area (Å²) in [6.07, 6.45) is 3.88. The molecule has 2 aliphatic heterocycles. The third-order valence-corrected chi connectivity index (χ3v) is 3.83. The summed E-state index contributed by atoms with van der Waals surface area (Å²) in [6, 6.07) is 0.354. The molecule has 0 bridgehead atoms. The Labute approximate surface area is 93.0 Å². The predicted octanol–water partition coefficient (Wildman–Crippen LogP) is 1.08. The molecule has 88 valence electrons. The molecule has 2 aliphatic rings. The Morgan fingerprint density at radius 2 is 2.33 bits per heavy atom. The van der Waals surface area contributed by atoms with Crippen molar-refractivity contribution in [2.75, 3.05) is 32.8 Å². The highest BCUT2D eigenvalue weighted by Crippen LogP contribution is 2.21. The van der Waals surface area contributed by atoms with Gasteiger partial charge in [-0.15, -0.1) is 0 Å². The summed E-state index contributed by atoms with van der Waals surface area (Å²) in [7, 11) is 0. The van der Waals surface area contributed by atoms with Crippen molar-refractivity contribution in [1.29, 1.82) is 0 Å². The zero-order chi connectivity index (χ0) is 10.7. The Morgan fingerprint density at radius 1 is 1.47 bits per heavy atom. The number of nitrogens with zero attached hydrogens (tertiary/aromatic N) is 1. The van der Waals surface area contributed by atoms with Gasteiger partial charge in [-0.1, -0.05) is 0 Å². The van der Waals surface area contributed by atoms with Crippen LogP contribution in [0.5, 0.6) is 0 Å². The largest absolute Gasteiger partial charge is 0.381 e. The first-order chi connectivity index (χ1) is 7.25. The van der Waals surface area contributed by atoms with Crippen molar-refractivity contribution < 1.29 is 4.74 Å². The molecule has 0 amide bonds. The second kappa shape index (κ2) is 5.28. The number of hydrogen-bond donors (Lipinski definition) is 1. The maximum Gasteiger partial charge on any atom is 0.0507 e. The van der Waals surface area contributed by atoms with Gasteiger partial charge >= 0.3 is 0 Å². The second-order valence-electron chi connectivity index (χ2n) is 5.25. The quantitative estimate of drug-likeness (QED) is 0.761. The summed E-state index contributed by atoms with van der Waals surface area (Å²) >= 11 is 0. The molecule has 0 aromatic carbocycles. The zero-order valence-corrected chi connectivity index (χ0v) is 9.82. The van der Waals surface area contributed by atoms with E-state index in [9.17, 15) is 0 Å². The van der Waals surface area contributed by atoms with Crippen LogP contribution in [-0.4, -0.2) is 43.8 Å². The number of ether oxygens (including phenoxy) is 1. The van der Waals surface area contributed by atoms with Crippen molar-refractivity contribution in [2.24, 2.45) is 17.6 Å². The fourth-order valence-electron chi connectivity index (χ4n) is 2.78. The van der Waals surface area contributed by atoms with Gasteiger partial charge in [0.2, 0.25) is 0 Å². The van der Waals surface area contributed by atoms with Crippen molar-refractivity contribution in [2.45, 2.75) is 32.2 Å². The lowest BCUT2D eigenvalue weighted by atomic mass is 9.91. The lowest BCUT2D eigenvalue weighted by Gasteiger charge is -2.35. The number of piperidine rings is 1. The highest BCUT2D eigenvalue weighted by atomic mass is 16.5. The van der Waals surface area contributed by atoms with Gasteiger partial charge in [0.15, 0.2) is 0 Å². The van der Waals surface area contributed by atoms with Crippen LogP contribution in [0.2, 0.25) is 0 Å². The first-order valence-corrected chi connectivity index (χ1v) is 6.31. The van der Waals surface area contributed by atoms with Crippen LogP contribution in [0.1, 0.15) is 26.2 Å². The number of rotatable bonds is 3. The van der Waals surface area contributed by atoms with Crippen molar-refractivity contribution in [3.05, 3.63) is 0 Å². The van der Waals surface area contributed by atoms with Gasteiger partial charge in [0, 0.05) is 25.7 Å². The van der Waals surface area contributed by atoms with Crippen LogP contribution in [0.25, 0.3) is 0 Å². The summed E-state index contributed by atoms with van der Waals surface area (Å²) in [5, 5.41) is 0. The van der Waals surface area contributed by atoms with E-state index >= 15 is 0 Å². The Hall–Kier alpha value is -0.120. The van der Waals surface area contributed by atoms with Crippen molar-refractivity contribution >= 4 is 0 Å². The maximum atomic E-state index is 5.99. The van der Waals surface area contributed by atoms with Crippen LogP contribution < -0.4 is 5.73 Å². The highest BCUT2D eigenvalue weighted by molar-refractivity contribution is 4.80. The lowest BCUT2D eigenvalue weighted by Crippen LogP contribution is -2.44. The average molecular weight is 212 g/mol. The van der Waals surface area contributed by atoms with E-state index in [1.807, 2.05) is 0 Å². The summed E-state index contributed by atoms with van der Waals surface area (Å²) in [5.41, 5.74) is 5.99. The minimum atomic E-state index is 0.354. The molecule has 0 aromatic rings. The average Bonchev–Trinajstić information content (AvgIpc) is 2.71. The molecule has 2 N–H and O–H groups in total. The molecule has 0 radical (unpaired) electrons. The molecule has 3 unspecified atom stereocenters. The summed E-state index contributed by atoms with van der Waals surface area (Å²) in [6.45, 7) is 7.78. The Morgan fingerprint density at radius 3 is 3.00 bits per heavy atom. The van der Waals surface area contributed by atoms with Crippen LogP contribution in [0.15, 0.2) is 0 Å². The molecule has 2 fully saturated rings. The minimum absolute atomic E-state index is 0.354. The molecule has 2 saturated heterocycles. The van der Waals surface area contributed by atoms with Gasteiger partial charge in [-0.05, 0) is 44.6 Å². The molecular weight excluding hydrogens is 188 g/mol. The van der Waals surface area contributed by atoms with Gasteiger partial charge in [0.25, 0.3) is 0 Å². The van der Waals surface area contributed by atoms with Crippen molar-refractivity contribution in [3.63, 3.8) is 0 Å². The molecule has 0 aliphatic carbocycles. The van der Waals surface area contributed by atoms with E-state index in [-0.39, 0.29) is 0 Å². The SMILES string of the molecule is CC(N)C1CCCN(CC2CCOC2)C1. The molecular formula is C12H24N2O. The standard InChI is InChI=1S/C12H24N2O/c1-10(13)12-3-2-5-14(8-12)7-11-4-6-15-9-11/h10-12H,2-9,13H2,1H3. The summed E-state index contributed by atoms with van der Waals surface area (Å²) in [5.74, 6) is 1.48. The van der Waals surface area contributed by atoms with E-state index in [1.165, 1.54) is 38.9 Å². The molecule has 2 rings (SSSR count). The van der Waals surface area contributed by atoms with Crippen molar-refractivity contribution in [3.8, 4) is 0 Å². The highest BCUT2D eigenvalue weighted by Gasteiger charge is 2.25. The van der Waals surface area contributed by atoms with E-state index in [0.717, 1.165) is 19.1 Å². The first-order valence-electron chi connectivity index (χ1n) is 6.31. The molecule has 2 heterocycles. The van der Waals surface area contributed by atoms with Gasteiger partial charge in [-0.2, -0.15) is 0 Å². The van der Waals surface area contributed by atoms with E-state index in [2.05, 4.69) is 11.8 Å². The Balaban J connectivity index is 1.76. The van der Waals surface area contributed by atoms with Crippen molar-refractivity contribution in [1.82, 2.24) is 4.90 Å². The topological polar surface area (TPSA) is 38.5 Å². The van der Waals surface area contributed by atoms with E-state index in [4.69, 9.17) is 10.5 Å². The van der Waals surface area contributed by atoms with Gasteiger partial charge in [-0.3, -0.25) is 0 Å². The molecule has 15 heavy (non-hydrogen) atoms. The van der Waals surface area contributed by atoms with Crippen LogP contribution in [0.3, 0.4) is 0 Å². The molecule has 3 heteroatoms. The predicted molar refractivity (Wildman–Crippen MR) is 61.7 cm³/mol. The van der Waals surface area contributed by atoms with Gasteiger partial charge in [0.05, 0.1) is 6.61 Å². The fraction of sp³-hybridized carbons (Fsp3) is 1.00. The fourth-order valence-corrected chi connectivity index (χ4v) is 2.78. The van der Waals surface area contributed by atoms with Gasteiger partial charge < -0.3 is 15.4 Å². The molecule has 0 aromatic heterocycles. The summed E-state index contributed by atoms with van der Waals surface area (Å²) in [4.78, 5) is 2.59. The number of hydrogen-bond acceptors (Lipinski definition) is 3. The van der Waals surface area contributed by atoms with Crippen LogP contribution >= 0.6 is 0 Å². The first kappa shape index (κ1) is 11.4. The molecule has 3 atom stereocenters. The maximum absolute atomic E-state index is 5.99. The smallest absolute Gasteiger partial charge is 0.0507 e. The molecule has 0 saturated carbocycles. The normalized spacial score (nSPS) is 35.6. The second-order valence-corrected chi connectivity index (χ2v) is 5.25. The van der Waals surface area contributed by atoms with Gasteiger partial charge in [0.1, 0.15) is 0 Å². The number of likely N-dealkylation sites (tertiary alicyclic amines) is 1. The van der Waals surface area contributed by atoms with E-state index < -0.39 is 0 Å². The lowest BCUT2D eigenvalue weighted by molar-refractivity contribution is 0.127. The number of nitrogens with two attached hydrogens (primary N) is 1. The van der Waals surface area contributed by atoms with Crippen LogP contribution in [-0.2, 0) is 4.74 Å². The Bertz CT molecular complexity index is 188. The molecule has 0 spiro atoms. The van der Waals surface area contributed by atoms with Crippen LogP contribution in [0, 0.1) is 11.8 Å². The summed E-state index contributed by atoms with van der Waals surface area (Å²) < 4.78 is 5.42. The monoisotopic (exact) mass is 212 g/mol. The van der Waals surface area contributed by atoms with E-state index in [0.29, 0.717) is 12.0 Å². The van der Waals surface area contributed by atoms with Gasteiger partial charge in [-0.25, -0.2) is 0 Å².